The van der Waals surface area contributed by atoms with E-state index >= 15 is 0 Å². The van der Waals surface area contributed by atoms with Crippen LogP contribution in [0.5, 0.6) is 0 Å². The van der Waals surface area contributed by atoms with Crippen molar-refractivity contribution in [2.24, 2.45) is 0 Å². The highest BCUT2D eigenvalue weighted by Crippen LogP contribution is 2.26. The summed E-state index contributed by atoms with van der Waals surface area (Å²) in [4.78, 5) is 28.5. The first-order valence-electron chi connectivity index (χ1n) is 8.26. The molecule has 0 aliphatic rings. The van der Waals surface area contributed by atoms with E-state index in [9.17, 15) is 9.59 Å². The minimum absolute atomic E-state index is 0.294. The number of hydrogen-bond acceptors (Lipinski definition) is 4. The molecule has 5 nitrogen and oxygen atoms in total. The van der Waals surface area contributed by atoms with Gasteiger partial charge in [0.25, 0.3) is 11.5 Å². The van der Waals surface area contributed by atoms with E-state index in [-0.39, 0.29) is 11.5 Å². The number of aromatic nitrogens is 2. The van der Waals surface area contributed by atoms with Gasteiger partial charge in [0.05, 0.1) is 10.9 Å². The van der Waals surface area contributed by atoms with Crippen LogP contribution in [-0.4, -0.2) is 15.3 Å². The molecule has 2 N–H and O–H groups in total. The first-order valence-corrected chi connectivity index (χ1v) is 9.86. The molecule has 0 bridgehead atoms. The van der Waals surface area contributed by atoms with E-state index in [1.807, 2.05) is 31.2 Å². The molecule has 0 unspecified atom stereocenters. The molecule has 0 spiro atoms. The molecule has 0 radical (unpaired) electrons. The predicted octanol–water partition coefficient (Wildman–Crippen LogP) is 5.04. The quantitative estimate of drug-likeness (QED) is 0.460. The van der Waals surface area contributed by atoms with E-state index in [1.54, 1.807) is 22.6 Å². The van der Waals surface area contributed by atoms with Gasteiger partial charge < -0.3 is 10.3 Å². The zero-order valence-electron chi connectivity index (χ0n) is 14.2. The van der Waals surface area contributed by atoms with Crippen LogP contribution < -0.4 is 10.9 Å². The number of hydrogen-bond donors (Lipinski definition) is 2. The SMILES string of the molecule is CCc1ccccc1NC(=O)c1sc(=S)n2c1[nH]c(=O)c1ccc(Cl)cc12. The topological polar surface area (TPSA) is 66.4 Å². The normalized spacial score (nSPS) is 11.2. The molecular formula is C19H14ClN3O2S2. The average molecular weight is 416 g/mol. The van der Waals surface area contributed by atoms with Crippen molar-refractivity contribution < 1.29 is 4.79 Å². The lowest BCUT2D eigenvalue weighted by Gasteiger charge is -2.09. The minimum atomic E-state index is -0.313. The molecule has 8 heteroatoms. The van der Waals surface area contributed by atoms with Crippen LogP contribution in [0.3, 0.4) is 0 Å². The van der Waals surface area contributed by atoms with Gasteiger partial charge in [-0.25, -0.2) is 0 Å². The van der Waals surface area contributed by atoms with E-state index in [2.05, 4.69) is 10.3 Å². The van der Waals surface area contributed by atoms with Crippen molar-refractivity contribution >= 4 is 63.3 Å². The first-order chi connectivity index (χ1) is 13.0. The van der Waals surface area contributed by atoms with Gasteiger partial charge in [-0.3, -0.25) is 14.0 Å². The van der Waals surface area contributed by atoms with Gasteiger partial charge >= 0.3 is 0 Å². The van der Waals surface area contributed by atoms with Crippen molar-refractivity contribution in [1.29, 1.82) is 0 Å². The second-order valence-corrected chi connectivity index (χ2v) is 8.04. The highest BCUT2D eigenvalue weighted by molar-refractivity contribution is 7.73. The molecule has 4 rings (SSSR count). The molecule has 0 saturated carbocycles. The van der Waals surface area contributed by atoms with Crippen molar-refractivity contribution in [3.63, 3.8) is 0 Å². The lowest BCUT2D eigenvalue weighted by molar-refractivity contribution is 0.103. The van der Waals surface area contributed by atoms with E-state index in [1.165, 1.54) is 0 Å². The molecule has 2 heterocycles. The fourth-order valence-electron chi connectivity index (χ4n) is 3.05. The molecule has 2 aromatic carbocycles. The van der Waals surface area contributed by atoms with Crippen molar-refractivity contribution in [3.8, 4) is 0 Å². The van der Waals surface area contributed by atoms with Crippen LogP contribution in [0.2, 0.25) is 5.02 Å². The van der Waals surface area contributed by atoms with Gasteiger partial charge in [0, 0.05) is 10.7 Å². The van der Waals surface area contributed by atoms with Crippen molar-refractivity contribution in [2.75, 3.05) is 5.32 Å². The molecule has 0 saturated heterocycles. The molecule has 136 valence electrons. The Hall–Kier alpha value is -2.48. The summed E-state index contributed by atoms with van der Waals surface area (Å²) in [6.45, 7) is 2.02. The third-order valence-electron chi connectivity index (χ3n) is 4.34. The number of nitrogens with one attached hydrogen (secondary N) is 2. The molecular weight excluding hydrogens is 402 g/mol. The number of benzene rings is 2. The maximum absolute atomic E-state index is 12.9. The number of para-hydroxylation sites is 1. The average Bonchev–Trinajstić information content (AvgIpc) is 2.98. The lowest BCUT2D eigenvalue weighted by atomic mass is 10.1. The van der Waals surface area contributed by atoms with Crippen LogP contribution in [0.15, 0.2) is 47.3 Å². The maximum Gasteiger partial charge on any atom is 0.269 e. The number of rotatable bonds is 3. The zero-order chi connectivity index (χ0) is 19.1. The van der Waals surface area contributed by atoms with E-state index in [0.717, 1.165) is 29.0 Å². The van der Waals surface area contributed by atoms with Crippen LogP contribution >= 0.6 is 35.2 Å². The van der Waals surface area contributed by atoms with Gasteiger partial charge in [-0.1, -0.05) is 48.1 Å². The van der Waals surface area contributed by atoms with Crippen molar-refractivity contribution in [2.45, 2.75) is 13.3 Å². The van der Waals surface area contributed by atoms with E-state index in [4.69, 9.17) is 23.8 Å². The number of anilines is 1. The molecule has 27 heavy (non-hydrogen) atoms. The fourth-order valence-corrected chi connectivity index (χ4v) is 4.49. The molecule has 0 fully saturated rings. The number of aromatic amines is 1. The number of halogens is 1. The van der Waals surface area contributed by atoms with Gasteiger partial charge in [0.15, 0.2) is 3.95 Å². The van der Waals surface area contributed by atoms with Crippen LogP contribution in [0.25, 0.3) is 16.6 Å². The van der Waals surface area contributed by atoms with E-state index < -0.39 is 0 Å². The maximum atomic E-state index is 12.9. The van der Waals surface area contributed by atoms with Gasteiger partial charge in [0.1, 0.15) is 10.5 Å². The second kappa shape index (κ2) is 6.92. The third-order valence-corrected chi connectivity index (χ3v) is 5.95. The zero-order valence-corrected chi connectivity index (χ0v) is 16.6. The molecule has 0 aliphatic carbocycles. The Morgan fingerprint density at radius 1 is 1.30 bits per heavy atom. The van der Waals surface area contributed by atoms with Crippen LogP contribution in [-0.2, 0) is 6.42 Å². The van der Waals surface area contributed by atoms with Crippen molar-refractivity contribution in [1.82, 2.24) is 9.38 Å². The minimum Gasteiger partial charge on any atom is -0.321 e. The summed E-state index contributed by atoms with van der Waals surface area (Å²) in [6.07, 6.45) is 0.794. The summed E-state index contributed by atoms with van der Waals surface area (Å²) >= 11 is 12.7. The Bertz CT molecular complexity index is 1320. The second-order valence-electron chi connectivity index (χ2n) is 5.96. The molecule has 2 aromatic heterocycles. The number of carbonyl (C=O) groups excluding carboxylic acids is 1. The third kappa shape index (κ3) is 3.07. The van der Waals surface area contributed by atoms with Crippen LogP contribution in [0.4, 0.5) is 5.69 Å². The summed E-state index contributed by atoms with van der Waals surface area (Å²) < 4.78 is 2.14. The van der Waals surface area contributed by atoms with Gasteiger partial charge in [-0.2, -0.15) is 0 Å². The number of aryl methyl sites for hydroxylation is 1. The molecule has 0 atom stereocenters. The Labute approximate surface area is 168 Å². The van der Waals surface area contributed by atoms with Crippen molar-refractivity contribution in [3.05, 3.63) is 72.2 Å². The van der Waals surface area contributed by atoms with Gasteiger partial charge in [-0.05, 0) is 48.5 Å². The summed E-state index contributed by atoms with van der Waals surface area (Å²) in [6, 6.07) is 12.6. The highest BCUT2D eigenvalue weighted by Gasteiger charge is 2.19. The fraction of sp³-hybridized carbons (Fsp3) is 0.105. The molecule has 1 amide bonds. The summed E-state index contributed by atoms with van der Waals surface area (Å²) in [5.74, 6) is -0.313. The molecule has 0 aliphatic heterocycles. The number of thiazole rings is 1. The Kier molecular flexibility index (Phi) is 4.59. The number of carbonyl (C=O) groups is 1. The Balaban J connectivity index is 1.90. The number of H-pyrrole nitrogens is 1. The van der Waals surface area contributed by atoms with Gasteiger partial charge in [0.2, 0.25) is 0 Å². The van der Waals surface area contributed by atoms with Crippen LogP contribution in [0, 0.1) is 3.95 Å². The standard InChI is InChI=1S/C19H14ClN3O2S2/c1-2-10-5-3-4-6-13(10)21-18(25)15-16-22-17(24)12-8-7-11(20)9-14(12)23(16)19(26)27-15/h3-9H,2H2,1H3,(H,21,25)(H,22,24). The Morgan fingerprint density at radius 3 is 2.85 bits per heavy atom. The monoisotopic (exact) mass is 415 g/mol. The number of nitrogens with zero attached hydrogens (tertiary/aromatic N) is 1. The lowest BCUT2D eigenvalue weighted by Crippen LogP contribution is -2.15. The Morgan fingerprint density at radius 2 is 2.07 bits per heavy atom. The summed E-state index contributed by atoms with van der Waals surface area (Å²) in [7, 11) is 0. The summed E-state index contributed by atoms with van der Waals surface area (Å²) in [5, 5.41) is 3.88. The number of amides is 1. The summed E-state index contributed by atoms with van der Waals surface area (Å²) in [5.41, 5.74) is 2.43. The van der Waals surface area contributed by atoms with Gasteiger partial charge in [-0.15, -0.1) is 0 Å². The largest absolute Gasteiger partial charge is 0.321 e. The predicted molar refractivity (Wildman–Crippen MR) is 113 cm³/mol. The number of fused-ring (bicyclic) bond motifs is 3. The first kappa shape index (κ1) is 17.9. The highest BCUT2D eigenvalue weighted by atomic mass is 35.5. The van der Waals surface area contributed by atoms with Crippen LogP contribution in [0.1, 0.15) is 22.2 Å². The molecule has 4 aromatic rings. The smallest absolute Gasteiger partial charge is 0.269 e. The van der Waals surface area contributed by atoms with E-state index in [0.29, 0.717) is 30.4 Å².